The van der Waals surface area contributed by atoms with Gasteiger partial charge in [0.15, 0.2) is 0 Å². The van der Waals surface area contributed by atoms with Gasteiger partial charge in [0.2, 0.25) is 5.91 Å². The largest absolute Gasteiger partial charge is 0.466 e. The Morgan fingerprint density at radius 3 is 1.39 bits per heavy atom. The zero-order valence-electron chi connectivity index (χ0n) is 18.7. The molecule has 4 heteroatoms. The minimum atomic E-state index is -0.304. The number of amides is 1. The first kappa shape index (κ1) is 26.9. The van der Waals surface area contributed by atoms with Crippen LogP contribution in [-0.4, -0.2) is 18.5 Å². The molecule has 1 amide bonds. The van der Waals surface area contributed by atoms with Gasteiger partial charge in [-0.2, -0.15) is 0 Å². The average molecular weight is 398 g/mol. The van der Waals surface area contributed by atoms with Gasteiger partial charge >= 0.3 is 5.97 Å². The topological polar surface area (TPSA) is 69.4 Å². The summed E-state index contributed by atoms with van der Waals surface area (Å²) in [5.41, 5.74) is 5.06. The van der Waals surface area contributed by atoms with Crippen LogP contribution in [0.1, 0.15) is 135 Å². The Balaban J connectivity index is 3.11. The first-order valence-corrected chi connectivity index (χ1v) is 12.1. The van der Waals surface area contributed by atoms with E-state index in [0.29, 0.717) is 32.3 Å². The third-order valence-corrected chi connectivity index (χ3v) is 5.32. The Bertz CT molecular complexity index is 358. The van der Waals surface area contributed by atoms with Crippen molar-refractivity contribution >= 4 is 11.9 Å². The second-order valence-corrected chi connectivity index (χ2v) is 8.20. The Labute approximate surface area is 174 Å². The molecule has 0 saturated heterocycles. The standard InChI is InChI=1S/C24H47NO3/c1-2-3-4-5-6-7-8-9-10-11-12-13-14-15-16-19-22-28-24(27)21-18-17-20-23(25)26/h2-22H2,1H3,(H2,25,26). The molecule has 0 spiro atoms. The molecule has 0 atom stereocenters. The Hall–Kier alpha value is -1.06. The number of carbonyl (C=O) groups excluding carboxylic acids is 2. The lowest BCUT2D eigenvalue weighted by Gasteiger charge is -2.05. The lowest BCUT2D eigenvalue weighted by molar-refractivity contribution is -0.144. The minimum Gasteiger partial charge on any atom is -0.466 e. The molecule has 0 fully saturated rings. The highest BCUT2D eigenvalue weighted by molar-refractivity contribution is 5.73. The van der Waals surface area contributed by atoms with Crippen LogP contribution in [0.3, 0.4) is 0 Å². The summed E-state index contributed by atoms with van der Waals surface area (Å²) in [5, 5.41) is 0. The normalized spacial score (nSPS) is 10.9. The molecule has 2 N–H and O–H groups in total. The van der Waals surface area contributed by atoms with Crippen molar-refractivity contribution in [3.05, 3.63) is 0 Å². The van der Waals surface area contributed by atoms with Crippen LogP contribution in [0.2, 0.25) is 0 Å². The van der Waals surface area contributed by atoms with E-state index in [1.807, 2.05) is 0 Å². The average Bonchev–Trinajstić information content (AvgIpc) is 2.67. The molecule has 0 aromatic heterocycles. The highest BCUT2D eigenvalue weighted by Gasteiger charge is 2.03. The lowest BCUT2D eigenvalue weighted by Crippen LogP contribution is -2.10. The van der Waals surface area contributed by atoms with Crippen molar-refractivity contribution in [2.45, 2.75) is 135 Å². The minimum absolute atomic E-state index is 0.148. The van der Waals surface area contributed by atoms with Gasteiger partial charge in [0.1, 0.15) is 0 Å². The van der Waals surface area contributed by atoms with Crippen molar-refractivity contribution in [1.82, 2.24) is 0 Å². The van der Waals surface area contributed by atoms with Crippen molar-refractivity contribution in [3.63, 3.8) is 0 Å². The number of hydrogen-bond donors (Lipinski definition) is 1. The van der Waals surface area contributed by atoms with Gasteiger partial charge in [-0.3, -0.25) is 9.59 Å². The third-order valence-electron chi connectivity index (χ3n) is 5.32. The number of carbonyl (C=O) groups is 2. The van der Waals surface area contributed by atoms with E-state index in [2.05, 4.69) is 6.92 Å². The number of hydrogen-bond acceptors (Lipinski definition) is 3. The van der Waals surface area contributed by atoms with E-state index >= 15 is 0 Å². The quantitative estimate of drug-likeness (QED) is 0.161. The molecule has 0 saturated carbocycles. The second-order valence-electron chi connectivity index (χ2n) is 8.20. The summed E-state index contributed by atoms with van der Waals surface area (Å²) < 4.78 is 5.21. The zero-order chi connectivity index (χ0) is 20.7. The maximum Gasteiger partial charge on any atom is 0.305 e. The number of unbranched alkanes of at least 4 members (excludes halogenated alkanes) is 16. The number of esters is 1. The molecule has 28 heavy (non-hydrogen) atoms. The summed E-state index contributed by atoms with van der Waals surface area (Å²) in [5.74, 6) is -0.452. The van der Waals surface area contributed by atoms with Crippen molar-refractivity contribution < 1.29 is 14.3 Å². The summed E-state index contributed by atoms with van der Waals surface area (Å²) >= 11 is 0. The summed E-state index contributed by atoms with van der Waals surface area (Å²) in [6, 6.07) is 0. The van der Waals surface area contributed by atoms with Crippen molar-refractivity contribution in [1.29, 1.82) is 0 Å². The van der Waals surface area contributed by atoms with E-state index in [1.54, 1.807) is 0 Å². The molecule has 0 bridgehead atoms. The Morgan fingerprint density at radius 2 is 0.964 bits per heavy atom. The van der Waals surface area contributed by atoms with Crippen LogP contribution in [0.15, 0.2) is 0 Å². The van der Waals surface area contributed by atoms with E-state index in [9.17, 15) is 9.59 Å². The second kappa shape index (κ2) is 22.2. The molecule has 0 aliphatic rings. The predicted octanol–water partition coefficient (Wildman–Crippen LogP) is 6.84. The van der Waals surface area contributed by atoms with Crippen LogP contribution in [0.25, 0.3) is 0 Å². The summed E-state index contributed by atoms with van der Waals surface area (Å²) in [4.78, 5) is 22.1. The molecule has 0 aliphatic carbocycles. The van der Waals surface area contributed by atoms with Crippen LogP contribution in [0.5, 0.6) is 0 Å². The van der Waals surface area contributed by atoms with E-state index in [4.69, 9.17) is 10.5 Å². The SMILES string of the molecule is CCCCCCCCCCCCCCCCCCOC(=O)CCCCC(N)=O. The van der Waals surface area contributed by atoms with E-state index in [0.717, 1.165) is 12.8 Å². The van der Waals surface area contributed by atoms with Crippen molar-refractivity contribution in [2.24, 2.45) is 5.73 Å². The van der Waals surface area contributed by atoms with Crippen LogP contribution in [0.4, 0.5) is 0 Å². The Morgan fingerprint density at radius 1 is 0.571 bits per heavy atom. The maximum atomic E-state index is 11.5. The third kappa shape index (κ3) is 23.0. The molecule has 0 aromatic rings. The summed E-state index contributed by atoms with van der Waals surface area (Å²) in [6.45, 7) is 2.81. The van der Waals surface area contributed by atoms with Gasteiger partial charge < -0.3 is 10.5 Å². The number of rotatable bonds is 22. The van der Waals surface area contributed by atoms with Gasteiger partial charge in [-0.05, 0) is 19.3 Å². The predicted molar refractivity (Wildman–Crippen MR) is 118 cm³/mol. The highest BCUT2D eigenvalue weighted by Crippen LogP contribution is 2.13. The van der Waals surface area contributed by atoms with Gasteiger partial charge in [-0.1, -0.05) is 103 Å². The van der Waals surface area contributed by atoms with Gasteiger partial charge in [-0.25, -0.2) is 0 Å². The van der Waals surface area contributed by atoms with Gasteiger partial charge in [0, 0.05) is 12.8 Å². The highest BCUT2D eigenvalue weighted by atomic mass is 16.5. The van der Waals surface area contributed by atoms with Gasteiger partial charge in [0.25, 0.3) is 0 Å². The monoisotopic (exact) mass is 397 g/mol. The molecule has 0 aliphatic heterocycles. The summed E-state index contributed by atoms with van der Waals surface area (Å²) in [7, 11) is 0. The fourth-order valence-electron chi connectivity index (χ4n) is 3.48. The molecule has 0 aromatic carbocycles. The van der Waals surface area contributed by atoms with E-state index < -0.39 is 0 Å². The van der Waals surface area contributed by atoms with Crippen LogP contribution >= 0.6 is 0 Å². The van der Waals surface area contributed by atoms with E-state index in [1.165, 1.54) is 89.9 Å². The molecule has 0 heterocycles. The first-order valence-electron chi connectivity index (χ1n) is 12.1. The number of primary amides is 1. The molecule has 0 radical (unpaired) electrons. The maximum absolute atomic E-state index is 11.5. The fraction of sp³-hybridized carbons (Fsp3) is 0.917. The molecule has 4 nitrogen and oxygen atoms in total. The van der Waals surface area contributed by atoms with Crippen LogP contribution < -0.4 is 5.73 Å². The van der Waals surface area contributed by atoms with Crippen molar-refractivity contribution in [3.8, 4) is 0 Å². The Kier molecular flexibility index (Phi) is 21.4. The van der Waals surface area contributed by atoms with Gasteiger partial charge in [-0.15, -0.1) is 0 Å². The number of nitrogens with two attached hydrogens (primary N) is 1. The molecule has 0 rings (SSSR count). The molecular formula is C24H47NO3. The number of ether oxygens (including phenoxy) is 1. The molecular weight excluding hydrogens is 350 g/mol. The van der Waals surface area contributed by atoms with Gasteiger partial charge in [0.05, 0.1) is 6.61 Å². The van der Waals surface area contributed by atoms with Crippen LogP contribution in [0, 0.1) is 0 Å². The zero-order valence-corrected chi connectivity index (χ0v) is 18.7. The molecule has 166 valence electrons. The van der Waals surface area contributed by atoms with E-state index in [-0.39, 0.29) is 11.9 Å². The first-order chi connectivity index (χ1) is 13.7. The fourth-order valence-corrected chi connectivity index (χ4v) is 3.48. The summed E-state index contributed by atoms with van der Waals surface area (Å²) in [6.07, 6.45) is 23.6. The van der Waals surface area contributed by atoms with Crippen molar-refractivity contribution in [2.75, 3.05) is 6.61 Å². The molecule has 0 unspecified atom stereocenters. The van der Waals surface area contributed by atoms with Crippen LogP contribution in [-0.2, 0) is 14.3 Å². The lowest BCUT2D eigenvalue weighted by atomic mass is 10.0. The smallest absolute Gasteiger partial charge is 0.305 e.